The topological polar surface area (TPSA) is 52.0 Å². The van der Waals surface area contributed by atoms with Gasteiger partial charge < -0.3 is 4.57 Å². The maximum absolute atomic E-state index is 11.3. The maximum atomic E-state index is 11.3. The Morgan fingerprint density at radius 1 is 1.31 bits per heavy atom. The van der Waals surface area contributed by atoms with Crippen molar-refractivity contribution in [3.05, 3.63) is 18.2 Å². The van der Waals surface area contributed by atoms with Gasteiger partial charge in [-0.2, -0.15) is 0 Å². The molecule has 0 N–H and O–H groups in total. The molecule has 0 saturated heterocycles. The number of nitrogens with zero attached hydrogens (tertiary/aromatic N) is 2. The first-order chi connectivity index (χ1) is 7.59. The fourth-order valence-corrected chi connectivity index (χ4v) is 2.54. The largest absolute Gasteiger partial charge is 0.335 e. The van der Waals surface area contributed by atoms with Crippen LogP contribution >= 0.6 is 0 Å². The van der Waals surface area contributed by atoms with Crippen LogP contribution in [0.3, 0.4) is 0 Å². The molecule has 5 heteroatoms. The fraction of sp³-hybridized carbons (Fsp3) is 0.727. The summed E-state index contributed by atoms with van der Waals surface area (Å²) in [4.78, 5) is 4.22. The first kappa shape index (κ1) is 13.2. The minimum atomic E-state index is -2.80. The van der Waals surface area contributed by atoms with Gasteiger partial charge in [0.25, 0.3) is 0 Å². The van der Waals surface area contributed by atoms with Gasteiger partial charge in [0.1, 0.15) is 15.7 Å². The van der Waals surface area contributed by atoms with E-state index in [-0.39, 0.29) is 5.75 Å². The summed E-state index contributed by atoms with van der Waals surface area (Å²) in [7, 11) is -2.80. The molecule has 0 aliphatic carbocycles. The predicted molar refractivity (Wildman–Crippen MR) is 65.2 cm³/mol. The van der Waals surface area contributed by atoms with Crippen LogP contribution in [0.4, 0.5) is 0 Å². The van der Waals surface area contributed by atoms with Crippen LogP contribution in [0.2, 0.25) is 0 Å². The van der Waals surface area contributed by atoms with Gasteiger partial charge >= 0.3 is 0 Å². The molecule has 0 atom stereocenters. The monoisotopic (exact) mass is 244 g/mol. The van der Waals surface area contributed by atoms with Crippen molar-refractivity contribution in [2.24, 2.45) is 0 Å². The summed E-state index contributed by atoms with van der Waals surface area (Å²) < 4.78 is 24.6. The van der Waals surface area contributed by atoms with Crippen molar-refractivity contribution in [2.45, 2.75) is 39.7 Å². The highest BCUT2D eigenvalue weighted by atomic mass is 32.2. The van der Waals surface area contributed by atoms with E-state index in [2.05, 4.69) is 16.5 Å². The zero-order valence-corrected chi connectivity index (χ0v) is 10.8. The molecular formula is C11H20N2O2S. The summed E-state index contributed by atoms with van der Waals surface area (Å²) in [6.45, 7) is 4.63. The van der Waals surface area contributed by atoms with Crippen LogP contribution in [0.25, 0.3) is 0 Å². The molecule has 0 radical (unpaired) electrons. The lowest BCUT2D eigenvalue weighted by molar-refractivity contribution is 0.578. The number of aromatic nitrogens is 2. The van der Waals surface area contributed by atoms with Gasteiger partial charge in [0.05, 0.1) is 5.75 Å². The molecule has 0 aliphatic heterocycles. The van der Waals surface area contributed by atoms with Gasteiger partial charge in [0.2, 0.25) is 0 Å². The van der Waals surface area contributed by atoms with E-state index in [0.717, 1.165) is 31.6 Å². The Hall–Kier alpha value is -0.840. The highest BCUT2D eigenvalue weighted by Crippen LogP contribution is 2.03. The van der Waals surface area contributed by atoms with Crippen molar-refractivity contribution in [2.75, 3.05) is 11.5 Å². The average molecular weight is 244 g/mol. The predicted octanol–water partition coefficient (Wildman–Crippen LogP) is 1.66. The summed E-state index contributed by atoms with van der Waals surface area (Å²) in [6, 6.07) is 0. The van der Waals surface area contributed by atoms with E-state index in [1.54, 1.807) is 13.1 Å². The third-order valence-corrected chi connectivity index (χ3v) is 4.45. The van der Waals surface area contributed by atoms with Gasteiger partial charge in [0, 0.05) is 31.1 Å². The Morgan fingerprint density at radius 2 is 2.06 bits per heavy atom. The van der Waals surface area contributed by atoms with Gasteiger partial charge in [0.15, 0.2) is 0 Å². The standard InChI is InChI=1S/C11H20N2O2S/c1-3-11-12-7-9-13(11)8-5-6-10-16(14,15)4-2/h7,9H,3-6,8,10H2,1-2H3. The quantitative estimate of drug-likeness (QED) is 0.685. The molecule has 16 heavy (non-hydrogen) atoms. The van der Waals surface area contributed by atoms with Gasteiger partial charge in [-0.05, 0) is 12.8 Å². The van der Waals surface area contributed by atoms with Gasteiger partial charge in [-0.25, -0.2) is 13.4 Å². The fourth-order valence-electron chi connectivity index (χ4n) is 1.61. The number of hydrogen-bond donors (Lipinski definition) is 0. The average Bonchev–Trinajstić information content (AvgIpc) is 2.72. The van der Waals surface area contributed by atoms with Crippen LogP contribution in [0, 0.1) is 0 Å². The van der Waals surface area contributed by atoms with Gasteiger partial charge in [-0.1, -0.05) is 13.8 Å². The molecule has 4 nitrogen and oxygen atoms in total. The lowest BCUT2D eigenvalue weighted by Crippen LogP contribution is -2.10. The SMILES string of the molecule is CCc1nccn1CCCCS(=O)(=O)CC. The maximum Gasteiger partial charge on any atom is 0.150 e. The van der Waals surface area contributed by atoms with Crippen LogP contribution in [0.15, 0.2) is 12.4 Å². The second-order valence-electron chi connectivity index (χ2n) is 3.83. The van der Waals surface area contributed by atoms with Crippen molar-refractivity contribution in [3.8, 4) is 0 Å². The Bertz CT molecular complexity index is 409. The van der Waals surface area contributed by atoms with Crippen molar-refractivity contribution in [1.82, 2.24) is 9.55 Å². The van der Waals surface area contributed by atoms with E-state index in [1.807, 2.05) is 6.20 Å². The van der Waals surface area contributed by atoms with Crippen LogP contribution < -0.4 is 0 Å². The highest BCUT2D eigenvalue weighted by Gasteiger charge is 2.06. The summed E-state index contributed by atoms with van der Waals surface area (Å²) in [5, 5.41) is 0. The molecule has 0 bridgehead atoms. The van der Waals surface area contributed by atoms with E-state index in [1.165, 1.54) is 0 Å². The van der Waals surface area contributed by atoms with E-state index >= 15 is 0 Å². The lowest BCUT2D eigenvalue weighted by Gasteiger charge is -2.06. The van der Waals surface area contributed by atoms with Crippen molar-refractivity contribution >= 4 is 9.84 Å². The lowest BCUT2D eigenvalue weighted by atomic mass is 10.3. The molecule has 1 heterocycles. The Morgan fingerprint density at radius 3 is 2.69 bits per heavy atom. The molecule has 1 aromatic rings. The molecular weight excluding hydrogens is 224 g/mol. The third-order valence-electron chi connectivity index (χ3n) is 2.66. The number of imidazole rings is 1. The third kappa shape index (κ3) is 3.96. The Kier molecular flexibility index (Phi) is 4.99. The highest BCUT2D eigenvalue weighted by molar-refractivity contribution is 7.91. The first-order valence-electron chi connectivity index (χ1n) is 5.79. The number of unbranched alkanes of at least 4 members (excludes halogenated alkanes) is 1. The second-order valence-corrected chi connectivity index (χ2v) is 6.31. The zero-order chi connectivity index (χ0) is 12.0. The van der Waals surface area contributed by atoms with Crippen molar-refractivity contribution < 1.29 is 8.42 Å². The van der Waals surface area contributed by atoms with Crippen LogP contribution in [-0.2, 0) is 22.8 Å². The minimum Gasteiger partial charge on any atom is -0.335 e. The summed E-state index contributed by atoms with van der Waals surface area (Å²) in [5.74, 6) is 1.62. The molecule has 0 spiro atoms. The summed E-state index contributed by atoms with van der Waals surface area (Å²) >= 11 is 0. The van der Waals surface area contributed by atoms with E-state index in [0.29, 0.717) is 5.75 Å². The van der Waals surface area contributed by atoms with E-state index in [4.69, 9.17) is 0 Å². The minimum absolute atomic E-state index is 0.248. The van der Waals surface area contributed by atoms with Crippen molar-refractivity contribution in [1.29, 1.82) is 0 Å². The van der Waals surface area contributed by atoms with Crippen LogP contribution in [0.5, 0.6) is 0 Å². The molecule has 0 aliphatic rings. The summed E-state index contributed by atoms with van der Waals surface area (Å²) in [5.41, 5.74) is 0. The van der Waals surface area contributed by atoms with Gasteiger partial charge in [-0.15, -0.1) is 0 Å². The number of hydrogen-bond acceptors (Lipinski definition) is 3. The molecule has 1 rings (SSSR count). The number of aryl methyl sites for hydroxylation is 2. The zero-order valence-electron chi connectivity index (χ0n) is 10.0. The molecule has 0 aromatic carbocycles. The molecule has 1 aromatic heterocycles. The molecule has 0 fully saturated rings. The van der Waals surface area contributed by atoms with E-state index < -0.39 is 9.84 Å². The summed E-state index contributed by atoms with van der Waals surface area (Å²) in [6.07, 6.45) is 6.29. The van der Waals surface area contributed by atoms with Crippen molar-refractivity contribution in [3.63, 3.8) is 0 Å². The van der Waals surface area contributed by atoms with Gasteiger partial charge in [-0.3, -0.25) is 0 Å². The molecule has 0 saturated carbocycles. The Balaban J connectivity index is 2.31. The van der Waals surface area contributed by atoms with Crippen LogP contribution in [-0.4, -0.2) is 29.5 Å². The molecule has 92 valence electrons. The smallest absolute Gasteiger partial charge is 0.150 e. The Labute approximate surface area is 97.6 Å². The molecule has 0 unspecified atom stereocenters. The number of sulfone groups is 1. The van der Waals surface area contributed by atoms with E-state index in [9.17, 15) is 8.42 Å². The second kappa shape index (κ2) is 6.03. The molecule has 0 amide bonds. The first-order valence-corrected chi connectivity index (χ1v) is 7.61. The number of rotatable bonds is 7. The van der Waals surface area contributed by atoms with Crippen LogP contribution in [0.1, 0.15) is 32.5 Å². The normalized spacial score (nSPS) is 11.9.